The normalized spacial score (nSPS) is 11.9. The first-order valence-electron chi connectivity index (χ1n) is 5.79. The van der Waals surface area contributed by atoms with E-state index in [0.717, 1.165) is 5.56 Å². The van der Waals surface area contributed by atoms with E-state index in [9.17, 15) is 14.0 Å². The fraction of sp³-hybridized carbons (Fsp3) is 0.154. The predicted octanol–water partition coefficient (Wildman–Crippen LogP) is 2.01. The van der Waals surface area contributed by atoms with Crippen LogP contribution in [0.1, 0.15) is 6.92 Å². The van der Waals surface area contributed by atoms with E-state index in [1.807, 2.05) is 0 Å². The number of thiazole rings is 1. The zero-order chi connectivity index (χ0) is 14.7. The van der Waals surface area contributed by atoms with Crippen molar-refractivity contribution in [1.29, 1.82) is 0 Å². The van der Waals surface area contributed by atoms with Crippen LogP contribution in [0.5, 0.6) is 0 Å². The molecule has 0 saturated carbocycles. The quantitative estimate of drug-likeness (QED) is 0.846. The summed E-state index contributed by atoms with van der Waals surface area (Å²) in [5, 5.41) is 4.62. The van der Waals surface area contributed by atoms with E-state index >= 15 is 0 Å². The number of carbonyl (C=O) groups excluding carboxylic acids is 2. The Labute approximate surface area is 118 Å². The second kappa shape index (κ2) is 5.79. The van der Waals surface area contributed by atoms with Gasteiger partial charge < -0.3 is 11.1 Å². The van der Waals surface area contributed by atoms with Crippen LogP contribution in [0.15, 0.2) is 29.6 Å². The maximum absolute atomic E-state index is 12.8. The molecular weight excluding hydrogens is 281 g/mol. The highest BCUT2D eigenvalue weighted by atomic mass is 32.1. The average Bonchev–Trinajstić information content (AvgIpc) is 2.87. The third kappa shape index (κ3) is 3.18. The Morgan fingerprint density at radius 1 is 1.35 bits per heavy atom. The van der Waals surface area contributed by atoms with Gasteiger partial charge in [0.15, 0.2) is 5.13 Å². The summed E-state index contributed by atoms with van der Waals surface area (Å²) in [6.07, 6.45) is 0. The predicted molar refractivity (Wildman–Crippen MR) is 74.5 cm³/mol. The molecule has 3 N–H and O–H groups in total. The Morgan fingerprint density at radius 3 is 2.60 bits per heavy atom. The largest absolute Gasteiger partial charge is 0.369 e. The summed E-state index contributed by atoms with van der Waals surface area (Å²) in [7, 11) is 0. The van der Waals surface area contributed by atoms with Gasteiger partial charge in [0.05, 0.1) is 5.69 Å². The maximum atomic E-state index is 12.8. The monoisotopic (exact) mass is 293 g/mol. The number of hydrogen-bond donors (Lipinski definition) is 2. The molecule has 7 heteroatoms. The van der Waals surface area contributed by atoms with Crippen LogP contribution >= 0.6 is 11.3 Å². The molecule has 2 amide bonds. The summed E-state index contributed by atoms with van der Waals surface area (Å²) in [4.78, 5) is 26.8. The fourth-order valence-electron chi connectivity index (χ4n) is 1.43. The third-order valence-electron chi connectivity index (χ3n) is 2.69. The molecule has 0 saturated heterocycles. The van der Waals surface area contributed by atoms with Crippen LogP contribution in [0.4, 0.5) is 9.52 Å². The highest BCUT2D eigenvalue weighted by molar-refractivity contribution is 7.14. The summed E-state index contributed by atoms with van der Waals surface area (Å²) >= 11 is 1.22. The number of benzene rings is 1. The minimum atomic E-state index is -0.923. The number of carbonyl (C=O) groups is 2. The topological polar surface area (TPSA) is 85.1 Å². The van der Waals surface area contributed by atoms with Gasteiger partial charge in [0.25, 0.3) is 0 Å². The molecule has 1 aromatic heterocycles. The molecule has 104 valence electrons. The smallest absolute Gasteiger partial charge is 0.238 e. The molecule has 0 aliphatic carbocycles. The zero-order valence-electron chi connectivity index (χ0n) is 10.6. The summed E-state index contributed by atoms with van der Waals surface area (Å²) < 4.78 is 12.8. The molecule has 1 heterocycles. The lowest BCUT2D eigenvalue weighted by molar-refractivity contribution is -0.129. The third-order valence-corrected chi connectivity index (χ3v) is 3.45. The van der Waals surface area contributed by atoms with Gasteiger partial charge in [-0.25, -0.2) is 9.37 Å². The molecule has 0 bridgehead atoms. The van der Waals surface area contributed by atoms with E-state index in [1.165, 1.54) is 30.4 Å². The molecule has 2 rings (SSSR count). The Kier molecular flexibility index (Phi) is 4.09. The Bertz CT molecular complexity index is 639. The standard InChI is InChI=1S/C13H12FN3O2S/c1-7(11(15)18)12(19)17-13-16-10(6-20-13)8-2-4-9(14)5-3-8/h2-7H,1H3,(H2,15,18)(H,16,17,19). The SMILES string of the molecule is CC(C(N)=O)C(=O)Nc1nc(-c2ccc(F)cc2)cs1. The van der Waals surface area contributed by atoms with Crippen LogP contribution in [0, 0.1) is 11.7 Å². The number of amides is 2. The second-order valence-corrected chi connectivity index (χ2v) is 5.02. The molecule has 5 nitrogen and oxygen atoms in total. The van der Waals surface area contributed by atoms with E-state index in [2.05, 4.69) is 10.3 Å². The number of nitrogens with zero attached hydrogens (tertiary/aromatic N) is 1. The number of anilines is 1. The van der Waals surface area contributed by atoms with Gasteiger partial charge in [0.2, 0.25) is 11.8 Å². The number of rotatable bonds is 4. The minimum absolute atomic E-state index is 0.326. The van der Waals surface area contributed by atoms with E-state index < -0.39 is 17.7 Å². The van der Waals surface area contributed by atoms with E-state index in [-0.39, 0.29) is 5.82 Å². The highest BCUT2D eigenvalue weighted by Gasteiger charge is 2.19. The van der Waals surface area contributed by atoms with Crippen LogP contribution in [0.3, 0.4) is 0 Å². The van der Waals surface area contributed by atoms with Crippen molar-refractivity contribution >= 4 is 28.3 Å². The molecule has 0 fully saturated rings. The lowest BCUT2D eigenvalue weighted by Gasteiger charge is -2.05. The van der Waals surface area contributed by atoms with Gasteiger partial charge in [-0.2, -0.15) is 0 Å². The van der Waals surface area contributed by atoms with E-state index in [4.69, 9.17) is 5.73 Å². The van der Waals surface area contributed by atoms with Gasteiger partial charge in [0.1, 0.15) is 11.7 Å². The molecule has 1 aromatic carbocycles. The van der Waals surface area contributed by atoms with Gasteiger partial charge in [-0.05, 0) is 31.2 Å². The average molecular weight is 293 g/mol. The summed E-state index contributed by atoms with van der Waals surface area (Å²) in [5.74, 6) is -2.45. The Morgan fingerprint density at radius 2 is 2.00 bits per heavy atom. The van der Waals surface area contributed by atoms with Crippen LogP contribution in [-0.2, 0) is 9.59 Å². The van der Waals surface area contributed by atoms with E-state index in [0.29, 0.717) is 10.8 Å². The molecule has 0 aliphatic rings. The number of nitrogens with two attached hydrogens (primary N) is 1. The first-order valence-corrected chi connectivity index (χ1v) is 6.67. The molecule has 2 aromatic rings. The summed E-state index contributed by atoms with van der Waals surface area (Å²) in [6.45, 7) is 1.42. The van der Waals surface area contributed by atoms with Gasteiger partial charge in [-0.15, -0.1) is 11.3 Å². The van der Waals surface area contributed by atoms with Crippen molar-refractivity contribution in [1.82, 2.24) is 4.98 Å². The van der Waals surface area contributed by atoms with Gasteiger partial charge in [-0.1, -0.05) is 0 Å². The number of nitrogens with one attached hydrogen (secondary N) is 1. The van der Waals surface area contributed by atoms with Gasteiger partial charge in [0, 0.05) is 10.9 Å². The molecule has 0 aliphatic heterocycles. The van der Waals surface area contributed by atoms with Crippen molar-refractivity contribution in [3.8, 4) is 11.3 Å². The molecule has 1 atom stereocenters. The van der Waals surface area contributed by atoms with E-state index in [1.54, 1.807) is 17.5 Å². The molecule has 0 spiro atoms. The van der Waals surface area contributed by atoms with Gasteiger partial charge >= 0.3 is 0 Å². The first-order chi connectivity index (χ1) is 9.47. The zero-order valence-corrected chi connectivity index (χ0v) is 11.4. The summed E-state index contributed by atoms with van der Waals surface area (Å²) in [5.41, 5.74) is 6.41. The van der Waals surface area contributed by atoms with Gasteiger partial charge in [-0.3, -0.25) is 9.59 Å². The van der Waals surface area contributed by atoms with Crippen molar-refractivity contribution in [3.63, 3.8) is 0 Å². The highest BCUT2D eigenvalue weighted by Crippen LogP contribution is 2.25. The molecular formula is C13H12FN3O2S. The van der Waals surface area contributed by atoms with Crippen molar-refractivity contribution in [2.45, 2.75) is 6.92 Å². The van der Waals surface area contributed by atoms with Crippen molar-refractivity contribution in [2.24, 2.45) is 11.7 Å². The van der Waals surface area contributed by atoms with Crippen LogP contribution < -0.4 is 11.1 Å². The van der Waals surface area contributed by atoms with Crippen LogP contribution in [-0.4, -0.2) is 16.8 Å². The number of hydrogen-bond acceptors (Lipinski definition) is 4. The van der Waals surface area contributed by atoms with Crippen molar-refractivity contribution < 1.29 is 14.0 Å². The molecule has 1 unspecified atom stereocenters. The summed E-state index contributed by atoms with van der Waals surface area (Å²) in [6, 6.07) is 5.87. The lowest BCUT2D eigenvalue weighted by atomic mass is 10.1. The second-order valence-electron chi connectivity index (χ2n) is 4.16. The number of primary amides is 1. The first kappa shape index (κ1) is 14.1. The minimum Gasteiger partial charge on any atom is -0.369 e. The van der Waals surface area contributed by atoms with Crippen molar-refractivity contribution in [2.75, 3.05) is 5.32 Å². The Hall–Kier alpha value is -2.28. The number of halogens is 1. The fourth-order valence-corrected chi connectivity index (χ4v) is 2.15. The Balaban J connectivity index is 2.11. The number of aromatic nitrogens is 1. The van der Waals surface area contributed by atoms with Crippen LogP contribution in [0.25, 0.3) is 11.3 Å². The molecule has 0 radical (unpaired) electrons. The van der Waals surface area contributed by atoms with Crippen molar-refractivity contribution in [3.05, 3.63) is 35.5 Å². The lowest BCUT2D eigenvalue weighted by Crippen LogP contribution is -2.32. The maximum Gasteiger partial charge on any atom is 0.238 e. The van der Waals surface area contributed by atoms with Crippen LogP contribution in [0.2, 0.25) is 0 Å². The molecule has 20 heavy (non-hydrogen) atoms.